The molecule has 0 N–H and O–H groups in total. The van der Waals surface area contributed by atoms with Gasteiger partial charge in [0.2, 0.25) is 0 Å². The average molecular weight is 1040 g/mol. The topological polar surface area (TPSA) is 18.5 Å². The van der Waals surface area contributed by atoms with E-state index >= 15 is 0 Å². The average Bonchev–Trinajstić information content (AvgIpc) is 3.36. The quantitative estimate of drug-likeness (QED) is 0.0403. The second-order valence-corrected chi connectivity index (χ2v) is 24.2. The van der Waals surface area contributed by atoms with E-state index in [9.17, 15) is 0 Å². The summed E-state index contributed by atoms with van der Waals surface area (Å²) in [5.74, 6) is 1.99. The van der Waals surface area contributed by atoms with E-state index in [2.05, 4.69) is 208 Å². The fraction of sp³-hybridized carbons (Fsp3) is 0.300. The third-order valence-corrected chi connectivity index (χ3v) is 21.5. The zero-order valence-electron chi connectivity index (χ0n) is 39.3. The van der Waals surface area contributed by atoms with Gasteiger partial charge in [0, 0.05) is 11.1 Å². The fourth-order valence-electron chi connectivity index (χ4n) is 9.34. The van der Waals surface area contributed by atoms with E-state index in [1.54, 1.807) is 0 Å². The molecule has 0 aliphatic carbocycles. The van der Waals surface area contributed by atoms with Crippen molar-refractivity contribution in [3.63, 3.8) is 0 Å². The summed E-state index contributed by atoms with van der Waals surface area (Å²) in [5, 5.41) is 8.22. The summed E-state index contributed by atoms with van der Waals surface area (Å²) in [5.41, 5.74) is 2.45. The van der Waals surface area contributed by atoms with E-state index < -0.39 is 14.5 Å². The van der Waals surface area contributed by atoms with Gasteiger partial charge in [0.15, 0.2) is 0 Å². The lowest BCUT2D eigenvalue weighted by molar-refractivity contribution is -0.001000. The van der Waals surface area contributed by atoms with Gasteiger partial charge in [-0.2, -0.15) is 0 Å². The van der Waals surface area contributed by atoms with Crippen LogP contribution >= 0.6 is 14.5 Å². The second kappa shape index (κ2) is 28.3. The minimum absolute atomic E-state index is 0. The van der Waals surface area contributed by atoms with Gasteiger partial charge in [0.1, 0.15) is 70.2 Å². The zero-order valence-corrected chi connectivity index (χ0v) is 44.2. The summed E-state index contributed by atoms with van der Waals surface area (Å²) in [6, 6.07) is 72.5. The maximum absolute atomic E-state index is 7.18. The van der Waals surface area contributed by atoms with Crippen molar-refractivity contribution in [3.8, 4) is 11.5 Å². The summed E-state index contributed by atoms with van der Waals surface area (Å²) in [7, 11) is -4.51. The molecule has 0 aliphatic rings. The number of halogens is 2. The standard InChI is InChI=1S/C60H70O2P2.2BrH/c1-3-5-7-9-11-31-45-61-59-47-52(50-64(56-39-25-16-26-40-56,57-41-27-17-28-42-57)58-43-29-18-30-44-58)60(62-46-32-12-10-8-6-4-2)48-51(59)49-63(53-33-19-13-20-34-53,54-35-21-14-22-36-54)55-37-23-15-24-38-55;;/h13-30,33-44,47-48H,3-12,31-32,45-46,49-50H2,1-2H3;2*1H/q+2;;/p-2. The summed E-state index contributed by atoms with van der Waals surface area (Å²) in [6.07, 6.45) is 16.3. The smallest absolute Gasteiger partial charge is 0.126 e. The molecule has 0 saturated heterocycles. The van der Waals surface area contributed by atoms with E-state index in [0.29, 0.717) is 13.2 Å². The van der Waals surface area contributed by atoms with Crippen molar-refractivity contribution in [1.82, 2.24) is 0 Å². The first-order chi connectivity index (χ1) is 31.7. The van der Waals surface area contributed by atoms with Crippen molar-refractivity contribution >= 4 is 46.4 Å². The Bertz CT molecular complexity index is 2000. The van der Waals surface area contributed by atoms with Crippen LogP contribution in [0.25, 0.3) is 0 Å². The van der Waals surface area contributed by atoms with E-state index in [4.69, 9.17) is 9.47 Å². The third-order valence-electron chi connectivity index (χ3n) is 12.8. The maximum Gasteiger partial charge on any atom is 0.126 e. The number of ether oxygens (including phenoxy) is 2. The molecule has 0 amide bonds. The van der Waals surface area contributed by atoms with Crippen LogP contribution < -0.4 is 75.3 Å². The molecule has 0 radical (unpaired) electrons. The zero-order chi connectivity index (χ0) is 44.1. The Labute approximate surface area is 420 Å². The summed E-state index contributed by atoms with van der Waals surface area (Å²) >= 11 is 0. The number of unbranched alkanes of at least 4 members (excludes halogenated alkanes) is 10. The van der Waals surface area contributed by atoms with Crippen LogP contribution in [0.5, 0.6) is 11.5 Å². The lowest BCUT2D eigenvalue weighted by atomic mass is 10.1. The minimum Gasteiger partial charge on any atom is -1.00 e. The van der Waals surface area contributed by atoms with Crippen LogP contribution in [0.1, 0.15) is 102 Å². The number of rotatable bonds is 26. The first-order valence-corrected chi connectivity index (χ1v) is 28.1. The second-order valence-electron chi connectivity index (χ2n) is 17.2. The minimum atomic E-state index is -2.25. The highest BCUT2D eigenvalue weighted by Crippen LogP contribution is 2.62. The molecule has 7 rings (SSSR count). The summed E-state index contributed by atoms with van der Waals surface area (Å²) in [6.45, 7) is 5.97. The van der Waals surface area contributed by atoms with Gasteiger partial charge >= 0.3 is 0 Å². The highest BCUT2D eigenvalue weighted by atomic mass is 79.9. The maximum atomic E-state index is 7.18. The molecule has 0 aromatic heterocycles. The molecule has 0 fully saturated rings. The number of hydrogen-bond donors (Lipinski definition) is 0. The van der Waals surface area contributed by atoms with Crippen molar-refractivity contribution in [2.45, 2.75) is 103 Å². The van der Waals surface area contributed by atoms with Crippen LogP contribution in [0.2, 0.25) is 0 Å². The Morgan fingerprint density at radius 3 is 0.773 bits per heavy atom. The predicted octanol–water partition coefficient (Wildman–Crippen LogP) is 8.16. The summed E-state index contributed by atoms with van der Waals surface area (Å²) in [4.78, 5) is 0. The Morgan fingerprint density at radius 2 is 0.530 bits per heavy atom. The Balaban J connectivity index is 0.00000408. The van der Waals surface area contributed by atoms with Crippen LogP contribution in [0.3, 0.4) is 0 Å². The molecule has 7 aromatic rings. The van der Waals surface area contributed by atoms with E-state index in [-0.39, 0.29) is 34.0 Å². The van der Waals surface area contributed by atoms with Gasteiger partial charge in [-0.25, -0.2) is 0 Å². The Morgan fingerprint density at radius 1 is 0.303 bits per heavy atom. The molecule has 0 unspecified atom stereocenters. The van der Waals surface area contributed by atoms with Crippen LogP contribution in [0, 0.1) is 0 Å². The molecule has 0 aliphatic heterocycles. The molecule has 0 spiro atoms. The normalized spacial score (nSPS) is 11.3. The van der Waals surface area contributed by atoms with Gasteiger partial charge in [-0.3, -0.25) is 0 Å². The lowest BCUT2D eigenvalue weighted by Crippen LogP contribution is -3.00. The molecular weight excluding hydrogens is 974 g/mol. The summed E-state index contributed by atoms with van der Waals surface area (Å²) < 4.78 is 14.4. The Kier molecular flexibility index (Phi) is 22.7. The van der Waals surface area contributed by atoms with Crippen LogP contribution in [0.4, 0.5) is 0 Å². The molecule has 0 atom stereocenters. The first kappa shape index (κ1) is 52.9. The number of hydrogen-bond acceptors (Lipinski definition) is 2. The predicted molar refractivity (Wildman–Crippen MR) is 282 cm³/mol. The van der Waals surface area contributed by atoms with Crippen LogP contribution in [0.15, 0.2) is 194 Å². The molecule has 6 heteroatoms. The molecule has 2 nitrogen and oxygen atoms in total. The fourth-order valence-corrected chi connectivity index (χ4v) is 17.8. The van der Waals surface area contributed by atoms with Crippen molar-refractivity contribution in [1.29, 1.82) is 0 Å². The van der Waals surface area contributed by atoms with Gasteiger partial charge in [0.25, 0.3) is 0 Å². The van der Waals surface area contributed by atoms with Crippen molar-refractivity contribution < 1.29 is 43.4 Å². The van der Waals surface area contributed by atoms with Crippen LogP contribution in [-0.2, 0) is 12.3 Å². The van der Waals surface area contributed by atoms with E-state index in [1.807, 2.05) is 0 Å². The van der Waals surface area contributed by atoms with Crippen LogP contribution in [-0.4, -0.2) is 13.2 Å². The third kappa shape index (κ3) is 13.6. The largest absolute Gasteiger partial charge is 1.00 e. The number of benzene rings is 7. The van der Waals surface area contributed by atoms with Crippen molar-refractivity contribution in [2.75, 3.05) is 13.2 Å². The monoisotopic (exact) mass is 1040 g/mol. The van der Waals surface area contributed by atoms with E-state index in [0.717, 1.165) is 36.7 Å². The highest BCUT2D eigenvalue weighted by molar-refractivity contribution is 7.95. The van der Waals surface area contributed by atoms with Gasteiger partial charge in [-0.1, -0.05) is 187 Å². The van der Waals surface area contributed by atoms with Gasteiger partial charge in [-0.05, 0) is 97.8 Å². The lowest BCUT2D eigenvalue weighted by Gasteiger charge is -2.30. The Hall–Kier alpha value is -4.04. The molecule has 0 heterocycles. The van der Waals surface area contributed by atoms with Gasteiger partial charge in [-0.15, -0.1) is 0 Å². The van der Waals surface area contributed by atoms with E-state index in [1.165, 1.54) is 107 Å². The molecule has 0 bridgehead atoms. The molecule has 346 valence electrons. The molecule has 66 heavy (non-hydrogen) atoms. The van der Waals surface area contributed by atoms with Crippen molar-refractivity contribution in [3.05, 3.63) is 205 Å². The van der Waals surface area contributed by atoms with Gasteiger partial charge in [0.05, 0.1) is 13.2 Å². The highest BCUT2D eigenvalue weighted by Gasteiger charge is 2.48. The van der Waals surface area contributed by atoms with Crippen molar-refractivity contribution in [2.24, 2.45) is 0 Å². The SMILES string of the molecule is CCCCCCCCOc1cc(C[P+](c2ccccc2)(c2ccccc2)c2ccccc2)c(OCCCCCCCC)cc1C[P+](c1ccccc1)(c1ccccc1)c1ccccc1.[Br-].[Br-]. The molecular formula is C60H70Br2O2P2. The first-order valence-electron chi connectivity index (χ1n) is 24.2. The van der Waals surface area contributed by atoms with Gasteiger partial charge < -0.3 is 43.4 Å². The molecule has 7 aromatic carbocycles. The molecule has 0 saturated carbocycles.